The first-order chi connectivity index (χ1) is 47.7. The van der Waals surface area contributed by atoms with Crippen LogP contribution in [0.4, 0.5) is 0 Å². The van der Waals surface area contributed by atoms with Gasteiger partial charge in [-0.3, -0.25) is 37.3 Å². The lowest BCUT2D eigenvalue weighted by atomic mass is 10.0. The second-order valence-corrected chi connectivity index (χ2v) is 29.2. The Morgan fingerprint density at radius 3 is 0.847 bits per heavy atom. The van der Waals surface area contributed by atoms with Crippen molar-refractivity contribution >= 4 is 39.5 Å². The molecular weight excluding hydrogens is 1280 g/mol. The van der Waals surface area contributed by atoms with Crippen LogP contribution in [-0.4, -0.2) is 96.7 Å². The second kappa shape index (κ2) is 71.9. The molecule has 0 aliphatic heterocycles. The summed E-state index contributed by atoms with van der Waals surface area (Å²) in [7, 11) is -9.94. The van der Waals surface area contributed by atoms with Gasteiger partial charge in [-0.1, -0.05) is 300 Å². The topological polar surface area (TPSA) is 237 Å². The smallest absolute Gasteiger partial charge is 0.462 e. The molecule has 0 bridgehead atoms. The second-order valence-electron chi connectivity index (χ2n) is 26.3. The number of esters is 4. The first-order valence-corrected chi connectivity index (χ1v) is 42.2. The molecule has 17 nitrogen and oxygen atoms in total. The number of phosphoric acid groups is 2. The SMILES string of the molecule is CC/C=C\C/C=C\C/C=C\C/C=C\C/C=C\CCCCCC(=O)OCC(COP(=O)(O)OCC(O)COP(=O)(O)OCC(COC(=O)CCCCCCCCCCCCCCC)OC(=O)CCCCCCCCCCCCCCC)OC(=O)CCCCCCC/C=C\CCCCCC. The highest BCUT2D eigenvalue weighted by atomic mass is 31.2. The van der Waals surface area contributed by atoms with Crippen LogP contribution in [0.5, 0.6) is 0 Å². The minimum atomic E-state index is -4.98. The van der Waals surface area contributed by atoms with Gasteiger partial charge in [-0.15, -0.1) is 0 Å². The van der Waals surface area contributed by atoms with Crippen molar-refractivity contribution in [1.82, 2.24) is 0 Å². The van der Waals surface area contributed by atoms with Gasteiger partial charge in [0.15, 0.2) is 12.2 Å². The molecule has 0 aromatic heterocycles. The molecule has 98 heavy (non-hydrogen) atoms. The summed E-state index contributed by atoms with van der Waals surface area (Å²) in [6, 6.07) is 0. The van der Waals surface area contributed by atoms with Crippen molar-refractivity contribution in [2.24, 2.45) is 0 Å². The average molecular weight is 1430 g/mol. The number of hydrogen-bond donors (Lipinski definition) is 3. The van der Waals surface area contributed by atoms with Crippen molar-refractivity contribution in [2.45, 2.75) is 367 Å². The lowest BCUT2D eigenvalue weighted by molar-refractivity contribution is -0.161. The van der Waals surface area contributed by atoms with Gasteiger partial charge in [0.2, 0.25) is 0 Å². The molecule has 0 aliphatic rings. The highest BCUT2D eigenvalue weighted by molar-refractivity contribution is 7.47. The van der Waals surface area contributed by atoms with Crippen LogP contribution in [0.25, 0.3) is 0 Å². The van der Waals surface area contributed by atoms with Crippen LogP contribution < -0.4 is 0 Å². The fraction of sp³-hybridized carbons (Fsp3) is 0.797. The monoisotopic (exact) mass is 1420 g/mol. The zero-order valence-corrected chi connectivity index (χ0v) is 64.0. The Balaban J connectivity index is 5.33. The zero-order valence-electron chi connectivity index (χ0n) is 62.2. The molecule has 0 spiro atoms. The third-order valence-corrected chi connectivity index (χ3v) is 18.6. The Morgan fingerprint density at radius 2 is 0.531 bits per heavy atom. The van der Waals surface area contributed by atoms with Crippen molar-refractivity contribution in [1.29, 1.82) is 0 Å². The Morgan fingerprint density at radius 1 is 0.296 bits per heavy atom. The number of phosphoric ester groups is 2. The third kappa shape index (κ3) is 70.9. The summed E-state index contributed by atoms with van der Waals surface area (Å²) in [5, 5.41) is 10.6. The number of ether oxygens (including phenoxy) is 4. The molecule has 0 rings (SSSR count). The number of aliphatic hydroxyl groups excluding tert-OH is 1. The maximum atomic E-state index is 13.1. The largest absolute Gasteiger partial charge is 0.472 e. The van der Waals surface area contributed by atoms with Gasteiger partial charge in [0.05, 0.1) is 26.4 Å². The van der Waals surface area contributed by atoms with Gasteiger partial charge in [0.25, 0.3) is 0 Å². The van der Waals surface area contributed by atoms with E-state index in [0.29, 0.717) is 25.7 Å². The molecule has 5 unspecified atom stereocenters. The van der Waals surface area contributed by atoms with E-state index >= 15 is 0 Å². The van der Waals surface area contributed by atoms with E-state index in [0.717, 1.165) is 135 Å². The van der Waals surface area contributed by atoms with Gasteiger partial charge < -0.3 is 33.8 Å². The summed E-state index contributed by atoms with van der Waals surface area (Å²) >= 11 is 0. The van der Waals surface area contributed by atoms with Crippen LogP contribution in [0.1, 0.15) is 349 Å². The molecule has 3 N–H and O–H groups in total. The highest BCUT2D eigenvalue weighted by Crippen LogP contribution is 2.45. The number of hydrogen-bond acceptors (Lipinski definition) is 15. The molecule has 0 amide bonds. The fourth-order valence-corrected chi connectivity index (χ4v) is 12.3. The first-order valence-electron chi connectivity index (χ1n) is 39.2. The normalized spacial score (nSPS) is 14.3. The molecule has 0 aromatic rings. The number of unbranched alkanes of at least 4 members (excludes halogenated alkanes) is 36. The molecule has 0 aromatic carbocycles. The molecular formula is C79H142O17P2. The van der Waals surface area contributed by atoms with Gasteiger partial charge in [-0.25, -0.2) is 9.13 Å². The van der Waals surface area contributed by atoms with Crippen LogP contribution in [0.15, 0.2) is 72.9 Å². The van der Waals surface area contributed by atoms with Gasteiger partial charge in [-0.05, 0) is 96.3 Å². The van der Waals surface area contributed by atoms with Crippen molar-refractivity contribution in [3.63, 3.8) is 0 Å². The quantitative estimate of drug-likeness (QED) is 0.0169. The maximum absolute atomic E-state index is 13.1. The summed E-state index contributed by atoms with van der Waals surface area (Å²) in [6.07, 6.45) is 71.7. The van der Waals surface area contributed by atoms with E-state index in [9.17, 15) is 43.2 Å². The van der Waals surface area contributed by atoms with Gasteiger partial charge in [-0.2, -0.15) is 0 Å². The van der Waals surface area contributed by atoms with Crippen molar-refractivity contribution < 1.29 is 80.2 Å². The van der Waals surface area contributed by atoms with E-state index in [4.69, 9.17) is 37.0 Å². The molecule has 0 saturated carbocycles. The van der Waals surface area contributed by atoms with Gasteiger partial charge in [0, 0.05) is 25.7 Å². The zero-order chi connectivity index (χ0) is 71.8. The van der Waals surface area contributed by atoms with E-state index < -0.39 is 97.5 Å². The minimum Gasteiger partial charge on any atom is -0.462 e. The summed E-state index contributed by atoms with van der Waals surface area (Å²) < 4.78 is 68.5. The lowest BCUT2D eigenvalue weighted by Gasteiger charge is -2.21. The Hall–Kier alpha value is -3.50. The lowest BCUT2D eigenvalue weighted by Crippen LogP contribution is -2.30. The molecule has 5 atom stereocenters. The van der Waals surface area contributed by atoms with Crippen molar-refractivity contribution in [3.8, 4) is 0 Å². The molecule has 19 heteroatoms. The molecule has 570 valence electrons. The van der Waals surface area contributed by atoms with Gasteiger partial charge >= 0.3 is 39.5 Å². The van der Waals surface area contributed by atoms with Crippen LogP contribution in [0.3, 0.4) is 0 Å². The number of allylic oxidation sites excluding steroid dienone is 12. The van der Waals surface area contributed by atoms with Gasteiger partial charge in [0.1, 0.15) is 19.3 Å². The van der Waals surface area contributed by atoms with Crippen LogP contribution in [-0.2, 0) is 65.4 Å². The standard InChI is InChI=1S/C79H142O17P2/c1-5-9-13-17-21-25-29-33-34-35-36-37-38-42-44-48-52-56-60-64-77(82)90-70-75(96-79(84)66-62-58-54-50-46-41-32-28-24-20-16-12-8-4)72-94-98(87,88)92-68-73(80)67-91-97(85,86)93-71-74(95-78(83)65-61-57-53-49-45-40-31-27-23-19-15-11-7-3)69-89-76(81)63-59-55-51-47-43-39-30-26-22-18-14-10-6-2/h9,13,21,25,28,32-34,36-37,42,44,73-75,80H,5-8,10-12,14-20,22-24,26-27,29-31,35,38-41,43,45-72H2,1-4H3,(H,85,86)(H,87,88)/b13-9-,25-21-,32-28-,34-33-,37-36-,44-42-. The Labute approximate surface area is 596 Å². The van der Waals surface area contributed by atoms with E-state index in [1.54, 1.807) is 0 Å². The summed E-state index contributed by atoms with van der Waals surface area (Å²) in [5.41, 5.74) is 0. The van der Waals surface area contributed by atoms with Crippen molar-refractivity contribution in [2.75, 3.05) is 39.6 Å². The van der Waals surface area contributed by atoms with E-state index in [1.807, 2.05) is 0 Å². The average Bonchev–Trinajstić information content (AvgIpc) is 0.966. The molecule has 0 heterocycles. The molecule has 0 saturated heterocycles. The minimum absolute atomic E-state index is 0.0796. The number of rotatable bonds is 74. The Bertz CT molecular complexity index is 2140. The van der Waals surface area contributed by atoms with Crippen LogP contribution >= 0.6 is 15.6 Å². The first kappa shape index (κ1) is 94.5. The third-order valence-electron chi connectivity index (χ3n) is 16.7. The number of carbonyl (C=O) groups is 4. The summed E-state index contributed by atoms with van der Waals surface area (Å²) in [6.45, 7) is 4.75. The predicted octanol–water partition coefficient (Wildman–Crippen LogP) is 22.4. The highest BCUT2D eigenvalue weighted by Gasteiger charge is 2.30. The van der Waals surface area contributed by atoms with Crippen LogP contribution in [0.2, 0.25) is 0 Å². The predicted molar refractivity (Wildman–Crippen MR) is 400 cm³/mol. The van der Waals surface area contributed by atoms with E-state index in [2.05, 4.69) is 101 Å². The summed E-state index contributed by atoms with van der Waals surface area (Å²) in [4.78, 5) is 72.9. The number of carbonyl (C=O) groups excluding carboxylic acids is 4. The molecule has 0 aliphatic carbocycles. The van der Waals surface area contributed by atoms with Crippen LogP contribution in [0, 0.1) is 0 Å². The van der Waals surface area contributed by atoms with E-state index in [-0.39, 0.29) is 25.7 Å². The summed E-state index contributed by atoms with van der Waals surface area (Å²) in [5.74, 6) is -2.19. The van der Waals surface area contributed by atoms with E-state index in [1.165, 1.54) is 135 Å². The molecule has 0 fully saturated rings. The molecule has 0 radical (unpaired) electrons. The number of aliphatic hydroxyl groups is 1. The van der Waals surface area contributed by atoms with Crippen molar-refractivity contribution in [3.05, 3.63) is 72.9 Å². The fourth-order valence-electron chi connectivity index (χ4n) is 10.7. The Kier molecular flexibility index (Phi) is 69.3. The maximum Gasteiger partial charge on any atom is 0.472 e.